The maximum atomic E-state index is 13.1. The van der Waals surface area contributed by atoms with Gasteiger partial charge in [-0.1, -0.05) is 25.1 Å². The molecule has 1 aliphatic rings. The van der Waals surface area contributed by atoms with Gasteiger partial charge in [-0.2, -0.15) is 0 Å². The molecule has 0 atom stereocenters. The summed E-state index contributed by atoms with van der Waals surface area (Å²) < 4.78 is 13.8. The second kappa shape index (κ2) is 7.50. The van der Waals surface area contributed by atoms with Gasteiger partial charge in [-0.05, 0) is 37.6 Å². The molecule has 0 fully saturated rings. The molecule has 4 aromatic rings. The van der Waals surface area contributed by atoms with E-state index in [-0.39, 0.29) is 5.56 Å². The van der Waals surface area contributed by atoms with E-state index < -0.39 is 0 Å². The van der Waals surface area contributed by atoms with Crippen molar-refractivity contribution in [3.05, 3.63) is 52.4 Å². The minimum absolute atomic E-state index is 0.212. The van der Waals surface area contributed by atoms with Crippen molar-refractivity contribution >= 4 is 21.9 Å². The first-order valence-electron chi connectivity index (χ1n) is 10.4. The molecule has 0 amide bonds. The highest BCUT2D eigenvalue weighted by Crippen LogP contribution is 2.38. The van der Waals surface area contributed by atoms with Gasteiger partial charge in [0.05, 0.1) is 5.52 Å². The highest BCUT2D eigenvalue weighted by molar-refractivity contribution is 5.98. The molecule has 7 nitrogen and oxygen atoms in total. The number of rotatable bonds is 5. The van der Waals surface area contributed by atoms with Gasteiger partial charge in [0, 0.05) is 28.7 Å². The summed E-state index contributed by atoms with van der Waals surface area (Å²) in [4.78, 5) is 20.9. The minimum Gasteiger partial charge on any atom is -0.486 e. The third-order valence-corrected chi connectivity index (χ3v) is 5.61. The van der Waals surface area contributed by atoms with Crippen LogP contribution in [0.25, 0.3) is 33.2 Å². The normalized spacial score (nSPS) is 13.3. The maximum Gasteiger partial charge on any atom is 0.275 e. The molecule has 0 spiro atoms. The van der Waals surface area contributed by atoms with Crippen LogP contribution in [-0.2, 0) is 13.0 Å². The first-order chi connectivity index (χ1) is 14.7. The van der Waals surface area contributed by atoms with E-state index in [0.717, 1.165) is 41.5 Å². The Morgan fingerprint density at radius 2 is 2.00 bits per heavy atom. The lowest BCUT2D eigenvalue weighted by Gasteiger charge is -2.19. The van der Waals surface area contributed by atoms with Crippen LogP contribution in [0.15, 0.2) is 41.2 Å². The van der Waals surface area contributed by atoms with E-state index in [2.05, 4.69) is 22.5 Å². The van der Waals surface area contributed by atoms with Crippen LogP contribution in [0.1, 0.15) is 19.0 Å². The number of aryl methyl sites for hydroxylation is 1. The molecular formula is C23H24N4O3. The summed E-state index contributed by atoms with van der Waals surface area (Å²) in [5, 5.41) is 1.02. The third kappa shape index (κ3) is 2.85. The predicted octanol–water partition coefficient (Wildman–Crippen LogP) is 3.23. The molecule has 154 valence electrons. The van der Waals surface area contributed by atoms with Gasteiger partial charge >= 0.3 is 0 Å². The SMILES string of the molecule is CCc1c(-c2nc3c4c(ccc3[nH]c2=O)OCCO4)c2ccccc2n1CCCN. The van der Waals surface area contributed by atoms with Crippen molar-refractivity contribution in [3.63, 3.8) is 0 Å². The zero-order chi connectivity index (χ0) is 20.7. The van der Waals surface area contributed by atoms with Crippen LogP contribution in [0.4, 0.5) is 0 Å². The van der Waals surface area contributed by atoms with Crippen LogP contribution in [0, 0.1) is 0 Å². The highest BCUT2D eigenvalue weighted by atomic mass is 16.6. The lowest BCUT2D eigenvalue weighted by Crippen LogP contribution is -2.18. The lowest BCUT2D eigenvalue weighted by molar-refractivity contribution is 0.173. The fourth-order valence-corrected chi connectivity index (χ4v) is 4.32. The Labute approximate surface area is 173 Å². The summed E-state index contributed by atoms with van der Waals surface area (Å²) in [6, 6.07) is 11.8. The number of para-hydroxylation sites is 1. The van der Waals surface area contributed by atoms with Gasteiger partial charge < -0.3 is 24.8 Å². The van der Waals surface area contributed by atoms with Gasteiger partial charge in [0.25, 0.3) is 5.56 Å². The molecule has 0 bridgehead atoms. The van der Waals surface area contributed by atoms with E-state index >= 15 is 0 Å². The molecule has 3 heterocycles. The molecule has 7 heteroatoms. The second-order valence-corrected chi connectivity index (χ2v) is 7.39. The van der Waals surface area contributed by atoms with E-state index in [4.69, 9.17) is 20.2 Å². The highest BCUT2D eigenvalue weighted by Gasteiger charge is 2.23. The minimum atomic E-state index is -0.212. The van der Waals surface area contributed by atoms with E-state index in [1.807, 2.05) is 30.3 Å². The number of ether oxygens (including phenoxy) is 2. The van der Waals surface area contributed by atoms with Crippen LogP contribution >= 0.6 is 0 Å². The largest absolute Gasteiger partial charge is 0.486 e. The number of aromatic amines is 1. The summed E-state index contributed by atoms with van der Waals surface area (Å²) >= 11 is 0. The average Bonchev–Trinajstić information content (AvgIpc) is 3.10. The van der Waals surface area contributed by atoms with E-state index in [1.54, 1.807) is 0 Å². The van der Waals surface area contributed by atoms with Gasteiger partial charge in [-0.25, -0.2) is 4.98 Å². The van der Waals surface area contributed by atoms with E-state index in [1.165, 1.54) is 0 Å². The molecule has 0 saturated carbocycles. The molecule has 3 N–H and O–H groups in total. The van der Waals surface area contributed by atoms with Crippen LogP contribution in [0.3, 0.4) is 0 Å². The van der Waals surface area contributed by atoms with Gasteiger partial charge in [-0.15, -0.1) is 0 Å². The van der Waals surface area contributed by atoms with E-state index in [9.17, 15) is 4.79 Å². The maximum absolute atomic E-state index is 13.1. The second-order valence-electron chi connectivity index (χ2n) is 7.39. The van der Waals surface area contributed by atoms with Crippen molar-refractivity contribution in [1.29, 1.82) is 0 Å². The monoisotopic (exact) mass is 404 g/mol. The molecule has 30 heavy (non-hydrogen) atoms. The van der Waals surface area contributed by atoms with Crippen LogP contribution in [0.2, 0.25) is 0 Å². The van der Waals surface area contributed by atoms with Crippen molar-refractivity contribution in [2.75, 3.05) is 19.8 Å². The van der Waals surface area contributed by atoms with Gasteiger partial charge in [0.15, 0.2) is 11.5 Å². The van der Waals surface area contributed by atoms with Crippen molar-refractivity contribution in [1.82, 2.24) is 14.5 Å². The molecule has 0 aliphatic carbocycles. The van der Waals surface area contributed by atoms with Crippen molar-refractivity contribution in [2.24, 2.45) is 5.73 Å². The summed E-state index contributed by atoms with van der Waals surface area (Å²) in [6.45, 7) is 4.48. The molecule has 0 saturated heterocycles. The molecule has 1 aliphatic heterocycles. The number of aromatic nitrogens is 3. The predicted molar refractivity (Wildman–Crippen MR) is 117 cm³/mol. The number of fused-ring (bicyclic) bond motifs is 4. The quantitative estimate of drug-likeness (QED) is 0.533. The fraction of sp³-hybridized carbons (Fsp3) is 0.304. The summed E-state index contributed by atoms with van der Waals surface area (Å²) in [7, 11) is 0. The Bertz CT molecular complexity index is 1310. The Morgan fingerprint density at radius 3 is 2.83 bits per heavy atom. The molecule has 0 unspecified atom stereocenters. The summed E-state index contributed by atoms with van der Waals surface area (Å²) in [5.74, 6) is 1.24. The number of benzene rings is 2. The zero-order valence-corrected chi connectivity index (χ0v) is 16.9. The number of hydrogen-bond donors (Lipinski definition) is 2. The number of nitrogens with zero attached hydrogens (tertiary/aromatic N) is 2. The first-order valence-corrected chi connectivity index (χ1v) is 10.4. The van der Waals surface area contributed by atoms with Gasteiger partial charge in [0.2, 0.25) is 0 Å². The smallest absolute Gasteiger partial charge is 0.275 e. The van der Waals surface area contributed by atoms with Crippen molar-refractivity contribution < 1.29 is 9.47 Å². The molecular weight excluding hydrogens is 380 g/mol. The molecule has 2 aromatic heterocycles. The van der Waals surface area contributed by atoms with Crippen LogP contribution < -0.4 is 20.8 Å². The van der Waals surface area contributed by atoms with Gasteiger partial charge in [0.1, 0.15) is 24.4 Å². The van der Waals surface area contributed by atoms with Crippen molar-refractivity contribution in [2.45, 2.75) is 26.3 Å². The number of nitrogens with one attached hydrogen (secondary N) is 1. The number of nitrogens with two attached hydrogens (primary N) is 1. The van der Waals surface area contributed by atoms with Gasteiger partial charge in [-0.3, -0.25) is 4.79 Å². The number of hydrogen-bond acceptors (Lipinski definition) is 5. The Kier molecular flexibility index (Phi) is 4.67. The first kappa shape index (κ1) is 18.7. The Balaban J connectivity index is 1.82. The van der Waals surface area contributed by atoms with E-state index in [0.29, 0.717) is 48.0 Å². The van der Waals surface area contributed by atoms with Crippen LogP contribution in [-0.4, -0.2) is 34.3 Å². The van der Waals surface area contributed by atoms with Crippen LogP contribution in [0.5, 0.6) is 11.5 Å². The Hall–Kier alpha value is -3.32. The topological polar surface area (TPSA) is 95.2 Å². The fourth-order valence-electron chi connectivity index (χ4n) is 4.32. The standard InChI is InChI=1S/C23H24N4O3/c1-2-16-19(14-6-3-4-7-17(14)27(16)11-5-10-24)21-23(28)25-15-8-9-18-22(20(15)26-21)30-13-12-29-18/h3-4,6-9H,2,5,10-13,24H2,1H3,(H,25,28). The summed E-state index contributed by atoms with van der Waals surface area (Å²) in [5.41, 5.74) is 10.3. The number of H-pyrrole nitrogens is 1. The summed E-state index contributed by atoms with van der Waals surface area (Å²) in [6.07, 6.45) is 1.64. The zero-order valence-electron chi connectivity index (χ0n) is 16.9. The molecule has 5 rings (SSSR count). The average molecular weight is 404 g/mol. The third-order valence-electron chi connectivity index (χ3n) is 5.61. The van der Waals surface area contributed by atoms with Crippen molar-refractivity contribution in [3.8, 4) is 22.8 Å². The molecule has 2 aromatic carbocycles. The molecule has 0 radical (unpaired) electrons. The lowest BCUT2D eigenvalue weighted by atomic mass is 10.1. The Morgan fingerprint density at radius 1 is 1.17 bits per heavy atom.